The molecule has 0 radical (unpaired) electrons. The van der Waals surface area contributed by atoms with Gasteiger partial charge in [0, 0.05) is 18.7 Å². The Balaban J connectivity index is 1.09. The first-order valence-corrected chi connectivity index (χ1v) is 16.8. The molecular weight excluding hydrogens is 582 g/mol. The Bertz CT molecular complexity index is 1470. The summed E-state index contributed by atoms with van der Waals surface area (Å²) in [4.78, 5) is 39.9. The van der Waals surface area contributed by atoms with Crippen LogP contribution >= 0.6 is 0 Å². The van der Waals surface area contributed by atoms with Crippen molar-refractivity contribution in [2.24, 2.45) is 29.1 Å². The van der Waals surface area contributed by atoms with E-state index in [9.17, 15) is 19.6 Å². The van der Waals surface area contributed by atoms with Gasteiger partial charge in [-0.15, -0.1) is 0 Å². The van der Waals surface area contributed by atoms with Crippen LogP contribution in [0.25, 0.3) is 0 Å². The smallest absolute Gasteiger partial charge is 0.309 e. The van der Waals surface area contributed by atoms with E-state index in [0.717, 1.165) is 37.7 Å². The first kappa shape index (κ1) is 31.9. The fourth-order valence-corrected chi connectivity index (χ4v) is 8.01. The van der Waals surface area contributed by atoms with E-state index in [4.69, 9.17) is 14.2 Å². The molecule has 4 atom stereocenters. The summed E-state index contributed by atoms with van der Waals surface area (Å²) < 4.78 is 17.4. The summed E-state index contributed by atoms with van der Waals surface area (Å²) in [5.74, 6) is 0.204. The lowest BCUT2D eigenvalue weighted by molar-refractivity contribution is -0.151. The lowest BCUT2D eigenvalue weighted by Crippen LogP contribution is -2.51. The molecule has 244 valence electrons. The number of ether oxygens (including phenoxy) is 3. The largest absolute Gasteiger partial charge is 0.496 e. The molecule has 9 heteroatoms. The first-order valence-electron chi connectivity index (χ1n) is 16.8. The van der Waals surface area contributed by atoms with Crippen molar-refractivity contribution in [1.29, 1.82) is 5.26 Å². The highest BCUT2D eigenvalue weighted by molar-refractivity contribution is 5.98. The van der Waals surface area contributed by atoms with Crippen molar-refractivity contribution in [3.05, 3.63) is 59.2 Å². The van der Waals surface area contributed by atoms with E-state index in [1.807, 2.05) is 30.3 Å². The van der Waals surface area contributed by atoms with Crippen LogP contribution in [0.5, 0.6) is 11.5 Å². The average molecular weight is 628 g/mol. The molecule has 0 aliphatic heterocycles. The molecular formula is C37H45N3O6. The zero-order chi connectivity index (χ0) is 32.3. The second kappa shape index (κ2) is 13.7. The molecule has 4 saturated carbocycles. The molecule has 4 aliphatic carbocycles. The van der Waals surface area contributed by atoms with Crippen molar-refractivity contribution in [2.45, 2.75) is 89.9 Å². The van der Waals surface area contributed by atoms with Gasteiger partial charge in [0.2, 0.25) is 5.91 Å². The molecule has 9 nitrogen and oxygen atoms in total. The molecule has 0 heterocycles. The Morgan fingerprint density at radius 3 is 2.39 bits per heavy atom. The number of hydrogen-bond donors (Lipinski definition) is 2. The van der Waals surface area contributed by atoms with Crippen LogP contribution in [-0.2, 0) is 20.9 Å². The number of carbonyl (C=O) groups is 3. The summed E-state index contributed by atoms with van der Waals surface area (Å²) in [6, 6.07) is 14.7. The van der Waals surface area contributed by atoms with Gasteiger partial charge < -0.3 is 24.8 Å². The Labute approximate surface area is 271 Å². The molecule has 46 heavy (non-hydrogen) atoms. The predicted octanol–water partition coefficient (Wildman–Crippen LogP) is 5.70. The van der Waals surface area contributed by atoms with Crippen molar-refractivity contribution in [1.82, 2.24) is 10.6 Å². The molecule has 2 bridgehead atoms. The molecule has 2 amide bonds. The Morgan fingerprint density at radius 1 is 0.978 bits per heavy atom. The minimum atomic E-state index is -0.336. The molecule has 0 unspecified atom stereocenters. The molecule has 4 fully saturated rings. The second-order valence-corrected chi connectivity index (χ2v) is 14.1. The number of nitrogens with zero attached hydrogens (tertiary/aromatic N) is 1. The van der Waals surface area contributed by atoms with Gasteiger partial charge in [-0.1, -0.05) is 43.7 Å². The maximum absolute atomic E-state index is 13.8. The molecule has 4 aliphatic rings. The number of esters is 1. The van der Waals surface area contributed by atoms with Crippen LogP contribution in [0.2, 0.25) is 0 Å². The quantitative estimate of drug-likeness (QED) is 0.306. The predicted molar refractivity (Wildman–Crippen MR) is 171 cm³/mol. The summed E-state index contributed by atoms with van der Waals surface area (Å²) in [5.41, 5.74) is 1.69. The van der Waals surface area contributed by atoms with E-state index in [2.05, 4.69) is 23.6 Å². The maximum atomic E-state index is 13.8. The number of methoxy groups -OCH3 is 1. The molecule has 6 rings (SSSR count). The van der Waals surface area contributed by atoms with Crippen molar-refractivity contribution < 1.29 is 28.6 Å². The highest BCUT2D eigenvalue weighted by Crippen LogP contribution is 2.49. The number of fused-ring (bicyclic) bond motifs is 2. The maximum Gasteiger partial charge on any atom is 0.309 e. The molecule has 2 aromatic rings. The molecule has 0 spiro atoms. The third-order valence-corrected chi connectivity index (χ3v) is 11.0. The number of nitriles is 1. The number of hydrogen-bond acceptors (Lipinski definition) is 7. The Morgan fingerprint density at radius 2 is 1.72 bits per heavy atom. The minimum Gasteiger partial charge on any atom is -0.496 e. The third kappa shape index (κ3) is 6.86. The fourth-order valence-electron chi connectivity index (χ4n) is 8.01. The summed E-state index contributed by atoms with van der Waals surface area (Å²) in [6.07, 6.45) is 8.74. The number of carbonyl (C=O) groups excluding carboxylic acids is 3. The van der Waals surface area contributed by atoms with Gasteiger partial charge in [-0.25, -0.2) is 0 Å². The average Bonchev–Trinajstić information content (AvgIpc) is 3.68. The fraction of sp³-hybridized carbons (Fsp3) is 0.568. The summed E-state index contributed by atoms with van der Waals surface area (Å²) in [7, 11) is 1.47. The van der Waals surface area contributed by atoms with Crippen LogP contribution in [0, 0.1) is 40.4 Å². The molecule has 0 saturated heterocycles. The zero-order valence-corrected chi connectivity index (χ0v) is 26.9. The van der Waals surface area contributed by atoms with Crippen LogP contribution in [0.4, 0.5) is 0 Å². The van der Waals surface area contributed by atoms with Crippen LogP contribution in [0.3, 0.4) is 0 Å². The number of nitrogens with one attached hydrogen (secondary N) is 2. The molecule has 2 aromatic carbocycles. The third-order valence-electron chi connectivity index (χ3n) is 11.0. The van der Waals surface area contributed by atoms with Gasteiger partial charge in [-0.05, 0) is 86.7 Å². The Kier molecular flexibility index (Phi) is 9.53. The topological polar surface area (TPSA) is 127 Å². The highest BCUT2D eigenvalue weighted by atomic mass is 16.5. The van der Waals surface area contributed by atoms with Crippen LogP contribution in [0.15, 0.2) is 42.5 Å². The summed E-state index contributed by atoms with van der Waals surface area (Å²) >= 11 is 0. The normalized spacial score (nSPS) is 27.5. The van der Waals surface area contributed by atoms with Gasteiger partial charge >= 0.3 is 5.97 Å². The summed E-state index contributed by atoms with van der Waals surface area (Å²) in [5, 5.41) is 16.3. The lowest BCUT2D eigenvalue weighted by atomic mass is 9.70. The van der Waals surface area contributed by atoms with Gasteiger partial charge in [0.1, 0.15) is 24.2 Å². The zero-order valence-electron chi connectivity index (χ0n) is 26.9. The lowest BCUT2D eigenvalue weighted by Gasteiger charge is -2.39. The van der Waals surface area contributed by atoms with E-state index in [1.54, 1.807) is 12.1 Å². The van der Waals surface area contributed by atoms with Gasteiger partial charge in [0.05, 0.1) is 36.2 Å². The van der Waals surface area contributed by atoms with E-state index in [1.165, 1.54) is 13.5 Å². The van der Waals surface area contributed by atoms with Gasteiger partial charge in [0.25, 0.3) is 5.91 Å². The SMILES string of the molecule is COc1cc(C#N)c(O[C@H]2CC[C@@H](C(=O)OCc3ccccc3)CC2)cc1C(=O)N[C@@H]1[C@H]2CC[C@H](C2)[C@@H]1C(=O)NCC1(C)CCC1. The first-order chi connectivity index (χ1) is 22.3. The van der Waals surface area contributed by atoms with Crippen molar-refractivity contribution in [2.75, 3.05) is 13.7 Å². The van der Waals surface area contributed by atoms with Crippen LogP contribution < -0.4 is 20.1 Å². The monoisotopic (exact) mass is 627 g/mol. The highest BCUT2D eigenvalue weighted by Gasteiger charge is 2.51. The van der Waals surface area contributed by atoms with Crippen LogP contribution in [-0.4, -0.2) is 43.6 Å². The van der Waals surface area contributed by atoms with E-state index in [0.29, 0.717) is 38.0 Å². The standard InChI is InChI=1S/C37H45N3O6/c1-37(15-6-16-37)22-39-35(42)32-25-9-10-26(17-25)33(32)40-34(41)29-19-30(27(20-38)18-31(29)44-2)46-28-13-11-24(12-14-28)36(43)45-21-23-7-4-3-5-8-23/h3-5,7-8,18-19,24-26,28,32-33H,6,9-17,21-22H2,1-2H3,(H,39,42)(H,40,41)/t24-,25-,26+,28+,32+,33-/m1/s1. The van der Waals surface area contributed by atoms with Gasteiger partial charge in [-0.3, -0.25) is 14.4 Å². The second-order valence-electron chi connectivity index (χ2n) is 14.1. The summed E-state index contributed by atoms with van der Waals surface area (Å²) in [6.45, 7) is 3.16. The van der Waals surface area contributed by atoms with Gasteiger partial charge in [0.15, 0.2) is 0 Å². The minimum absolute atomic E-state index is 0.0426. The number of benzene rings is 2. The number of rotatable bonds is 11. The van der Waals surface area contributed by atoms with Crippen LogP contribution in [0.1, 0.15) is 92.6 Å². The van der Waals surface area contributed by atoms with E-state index in [-0.39, 0.29) is 82.5 Å². The van der Waals surface area contributed by atoms with Crippen molar-refractivity contribution in [3.63, 3.8) is 0 Å². The van der Waals surface area contributed by atoms with Crippen molar-refractivity contribution >= 4 is 17.8 Å². The molecule has 2 N–H and O–H groups in total. The van der Waals surface area contributed by atoms with Crippen molar-refractivity contribution in [3.8, 4) is 17.6 Å². The van der Waals surface area contributed by atoms with Gasteiger partial charge in [-0.2, -0.15) is 5.26 Å². The van der Waals surface area contributed by atoms with E-state index < -0.39 is 0 Å². The number of amides is 2. The molecule has 0 aromatic heterocycles. The van der Waals surface area contributed by atoms with E-state index >= 15 is 0 Å². The Hall–Kier alpha value is -4.06.